The molecule has 2 aromatic rings. The lowest BCUT2D eigenvalue weighted by Crippen LogP contribution is -2.53. The monoisotopic (exact) mass is 399 g/mol. The van der Waals surface area contributed by atoms with Crippen LogP contribution >= 0.6 is 24.8 Å². The number of carbonyl (C=O) groups is 1. The molecule has 1 aromatic heterocycles. The first kappa shape index (κ1) is 22.0. The highest BCUT2D eigenvalue weighted by Gasteiger charge is 2.23. The van der Waals surface area contributed by atoms with Crippen LogP contribution in [-0.2, 0) is 4.79 Å². The molecule has 1 aromatic carbocycles. The normalized spacial score (nSPS) is 16.0. The first-order valence-corrected chi connectivity index (χ1v) is 8.04. The molecule has 3 rings (SSSR count). The molecule has 8 heteroatoms. The number of hydrogen-bond donors (Lipinski definition) is 1. The summed E-state index contributed by atoms with van der Waals surface area (Å²) in [6.07, 6.45) is 1.68. The van der Waals surface area contributed by atoms with Crippen molar-refractivity contribution in [1.29, 1.82) is 0 Å². The Morgan fingerprint density at radius 3 is 2.58 bits per heavy atom. The molecule has 1 atom stereocenters. The number of rotatable bonds is 5. The van der Waals surface area contributed by atoms with Crippen LogP contribution in [0.5, 0.6) is 17.4 Å². The van der Waals surface area contributed by atoms with E-state index in [4.69, 9.17) is 9.47 Å². The molecule has 0 radical (unpaired) electrons. The van der Waals surface area contributed by atoms with Gasteiger partial charge in [-0.2, -0.15) is 0 Å². The average molecular weight is 400 g/mol. The van der Waals surface area contributed by atoms with Crippen LogP contribution in [-0.4, -0.2) is 48.1 Å². The highest BCUT2D eigenvalue weighted by Crippen LogP contribution is 2.22. The van der Waals surface area contributed by atoms with E-state index in [0.717, 1.165) is 19.6 Å². The molecule has 1 amide bonds. The van der Waals surface area contributed by atoms with Crippen molar-refractivity contribution in [3.63, 3.8) is 0 Å². The highest BCUT2D eigenvalue weighted by molar-refractivity contribution is 5.85. The Morgan fingerprint density at radius 2 is 1.92 bits per heavy atom. The van der Waals surface area contributed by atoms with E-state index in [1.54, 1.807) is 36.5 Å². The lowest BCUT2D eigenvalue weighted by molar-refractivity contribution is -0.136. The number of nitrogens with one attached hydrogen (secondary N) is 1. The maximum absolute atomic E-state index is 12.2. The fraction of sp³-hybridized carbons (Fsp3) is 0.333. The van der Waals surface area contributed by atoms with Gasteiger partial charge >= 0.3 is 0 Å². The van der Waals surface area contributed by atoms with E-state index in [2.05, 4.69) is 10.3 Å². The number of pyridine rings is 1. The Kier molecular flexibility index (Phi) is 9.19. The van der Waals surface area contributed by atoms with Gasteiger partial charge in [0.1, 0.15) is 11.5 Å². The molecule has 0 aliphatic carbocycles. The number of piperazine rings is 1. The number of amides is 1. The Labute approximate surface area is 165 Å². The third kappa shape index (κ3) is 6.05. The van der Waals surface area contributed by atoms with Crippen LogP contribution < -0.4 is 14.8 Å². The van der Waals surface area contributed by atoms with Gasteiger partial charge in [-0.25, -0.2) is 4.98 Å². The quantitative estimate of drug-likeness (QED) is 0.836. The second-order valence-corrected chi connectivity index (χ2v) is 5.67. The van der Waals surface area contributed by atoms with Crippen molar-refractivity contribution in [3.8, 4) is 17.4 Å². The molecule has 0 bridgehead atoms. The number of carbonyl (C=O) groups excluding carboxylic acids is 1. The van der Waals surface area contributed by atoms with E-state index >= 15 is 0 Å². The summed E-state index contributed by atoms with van der Waals surface area (Å²) in [4.78, 5) is 18.2. The zero-order valence-corrected chi connectivity index (χ0v) is 16.1. The Balaban J connectivity index is 0.00000169. The van der Waals surface area contributed by atoms with Crippen molar-refractivity contribution in [2.45, 2.75) is 13.0 Å². The molecule has 142 valence electrons. The van der Waals surface area contributed by atoms with Gasteiger partial charge in [-0.05, 0) is 37.3 Å². The van der Waals surface area contributed by atoms with E-state index in [1.165, 1.54) is 0 Å². The Morgan fingerprint density at radius 1 is 1.19 bits per heavy atom. The maximum Gasteiger partial charge on any atom is 0.260 e. The minimum atomic E-state index is 0. The van der Waals surface area contributed by atoms with Gasteiger partial charge in [0.2, 0.25) is 5.88 Å². The summed E-state index contributed by atoms with van der Waals surface area (Å²) in [5, 5.41) is 3.27. The predicted octanol–water partition coefficient (Wildman–Crippen LogP) is 2.92. The third-order valence-corrected chi connectivity index (χ3v) is 3.87. The minimum absolute atomic E-state index is 0. The zero-order chi connectivity index (χ0) is 16.8. The van der Waals surface area contributed by atoms with Gasteiger partial charge in [-0.3, -0.25) is 4.79 Å². The number of ether oxygens (including phenoxy) is 2. The molecule has 0 unspecified atom stereocenters. The van der Waals surface area contributed by atoms with E-state index in [1.807, 2.05) is 24.0 Å². The van der Waals surface area contributed by atoms with Crippen LogP contribution in [0.3, 0.4) is 0 Å². The van der Waals surface area contributed by atoms with Gasteiger partial charge in [-0.1, -0.05) is 6.07 Å². The number of aromatic nitrogens is 1. The summed E-state index contributed by atoms with van der Waals surface area (Å²) in [5.74, 6) is 1.86. The molecule has 1 aliphatic heterocycles. The molecule has 1 fully saturated rings. The summed E-state index contributed by atoms with van der Waals surface area (Å²) in [6.45, 7) is 4.46. The SMILES string of the molecule is C[C@H]1CNCCN1C(=O)COc1ccc(Oc2ccccn2)cc1.Cl.Cl. The molecule has 0 spiro atoms. The zero-order valence-electron chi connectivity index (χ0n) is 14.5. The minimum Gasteiger partial charge on any atom is -0.484 e. The van der Waals surface area contributed by atoms with E-state index in [9.17, 15) is 4.79 Å². The van der Waals surface area contributed by atoms with Gasteiger partial charge in [0.25, 0.3) is 5.91 Å². The standard InChI is InChI=1S/C18H21N3O3.2ClH/c1-14-12-19-10-11-21(14)18(22)13-23-15-5-7-16(8-6-15)24-17-4-2-3-9-20-17;;/h2-9,14,19H,10-13H2,1H3;2*1H/t14-;;/m0../s1. The van der Waals surface area contributed by atoms with Crippen LogP contribution in [0.25, 0.3) is 0 Å². The highest BCUT2D eigenvalue weighted by atomic mass is 35.5. The van der Waals surface area contributed by atoms with E-state index < -0.39 is 0 Å². The number of hydrogen-bond acceptors (Lipinski definition) is 5. The topological polar surface area (TPSA) is 63.7 Å². The summed E-state index contributed by atoms with van der Waals surface area (Å²) in [5.41, 5.74) is 0. The van der Waals surface area contributed by atoms with Crippen molar-refractivity contribution in [3.05, 3.63) is 48.7 Å². The number of nitrogens with zero attached hydrogens (tertiary/aromatic N) is 2. The smallest absolute Gasteiger partial charge is 0.260 e. The van der Waals surface area contributed by atoms with Crippen molar-refractivity contribution in [2.75, 3.05) is 26.2 Å². The Hall–Kier alpha value is -2.02. The molecule has 6 nitrogen and oxygen atoms in total. The summed E-state index contributed by atoms with van der Waals surface area (Å²) in [7, 11) is 0. The summed E-state index contributed by atoms with van der Waals surface area (Å²) < 4.78 is 11.2. The first-order valence-electron chi connectivity index (χ1n) is 8.04. The van der Waals surface area contributed by atoms with Gasteiger partial charge in [0.15, 0.2) is 6.61 Å². The van der Waals surface area contributed by atoms with Crippen LogP contribution in [0.2, 0.25) is 0 Å². The molecule has 1 N–H and O–H groups in total. The van der Waals surface area contributed by atoms with Crippen LogP contribution in [0, 0.1) is 0 Å². The van der Waals surface area contributed by atoms with E-state index in [-0.39, 0.29) is 43.4 Å². The fourth-order valence-electron chi connectivity index (χ4n) is 2.57. The van der Waals surface area contributed by atoms with Crippen LogP contribution in [0.1, 0.15) is 6.92 Å². The van der Waals surface area contributed by atoms with Gasteiger partial charge in [0.05, 0.1) is 0 Å². The van der Waals surface area contributed by atoms with Crippen molar-refractivity contribution < 1.29 is 14.3 Å². The second kappa shape index (κ2) is 10.9. The van der Waals surface area contributed by atoms with Crippen molar-refractivity contribution in [1.82, 2.24) is 15.2 Å². The molecule has 1 aliphatic rings. The molecular weight excluding hydrogens is 377 g/mol. The third-order valence-electron chi connectivity index (χ3n) is 3.87. The molecule has 1 saturated heterocycles. The Bertz CT molecular complexity index is 671. The summed E-state index contributed by atoms with van der Waals surface area (Å²) in [6, 6.07) is 12.8. The van der Waals surface area contributed by atoms with Gasteiger partial charge < -0.3 is 19.7 Å². The fourth-order valence-corrected chi connectivity index (χ4v) is 2.57. The lowest BCUT2D eigenvalue weighted by atomic mass is 10.2. The van der Waals surface area contributed by atoms with Gasteiger partial charge in [0, 0.05) is 37.9 Å². The van der Waals surface area contributed by atoms with Crippen molar-refractivity contribution >= 4 is 30.7 Å². The largest absolute Gasteiger partial charge is 0.484 e. The predicted molar refractivity (Wildman–Crippen MR) is 105 cm³/mol. The van der Waals surface area contributed by atoms with Crippen molar-refractivity contribution in [2.24, 2.45) is 0 Å². The van der Waals surface area contributed by atoms with Crippen LogP contribution in [0.4, 0.5) is 0 Å². The van der Waals surface area contributed by atoms with Crippen LogP contribution in [0.15, 0.2) is 48.7 Å². The summed E-state index contributed by atoms with van der Waals surface area (Å²) >= 11 is 0. The second-order valence-electron chi connectivity index (χ2n) is 5.67. The number of benzene rings is 1. The lowest BCUT2D eigenvalue weighted by Gasteiger charge is -2.33. The average Bonchev–Trinajstić information content (AvgIpc) is 2.62. The molecule has 26 heavy (non-hydrogen) atoms. The first-order chi connectivity index (χ1) is 11.7. The molecule has 2 heterocycles. The van der Waals surface area contributed by atoms with E-state index in [0.29, 0.717) is 17.4 Å². The maximum atomic E-state index is 12.2. The van der Waals surface area contributed by atoms with Gasteiger partial charge in [-0.15, -0.1) is 24.8 Å². The molecule has 0 saturated carbocycles. The number of halogens is 2. The molecular formula is C18H23Cl2N3O3.